The minimum atomic E-state index is -0.543. The Morgan fingerprint density at radius 2 is 1.81 bits per heavy atom. The molecule has 0 atom stereocenters. The van der Waals surface area contributed by atoms with Crippen molar-refractivity contribution < 1.29 is 22.8 Å². The molecular weight excluding hydrogens is 463 g/mol. The van der Waals surface area contributed by atoms with E-state index >= 15 is 0 Å². The maximum atomic E-state index is 14.0. The van der Waals surface area contributed by atoms with E-state index in [1.807, 2.05) is 36.1 Å². The lowest BCUT2D eigenvalue weighted by Gasteiger charge is -2.34. The normalized spacial score (nSPS) is 13.5. The Morgan fingerprint density at radius 1 is 1.06 bits per heavy atom. The maximum absolute atomic E-state index is 14.0. The van der Waals surface area contributed by atoms with Gasteiger partial charge in [0.05, 0.1) is 5.56 Å². The maximum Gasteiger partial charge on any atom is 0.266 e. The van der Waals surface area contributed by atoms with Gasteiger partial charge in [0.2, 0.25) is 11.6 Å². The molecule has 3 heterocycles. The highest BCUT2D eigenvalue weighted by molar-refractivity contribution is 5.94. The zero-order valence-corrected chi connectivity index (χ0v) is 19.6. The second kappa shape index (κ2) is 9.96. The van der Waals surface area contributed by atoms with Crippen molar-refractivity contribution in [3.05, 3.63) is 89.1 Å². The second-order valence-electron chi connectivity index (χ2n) is 8.41. The molecule has 1 aliphatic heterocycles. The van der Waals surface area contributed by atoms with Crippen molar-refractivity contribution in [3.8, 4) is 23.5 Å². The zero-order valence-electron chi connectivity index (χ0n) is 19.6. The molecule has 0 radical (unpaired) electrons. The van der Waals surface area contributed by atoms with Crippen LogP contribution in [0.2, 0.25) is 0 Å². The fraction of sp³-hybridized carbons (Fsp3) is 0.222. The number of halogens is 1. The summed E-state index contributed by atoms with van der Waals surface area (Å²) in [6.45, 7) is 3.78. The number of ether oxygens (including phenoxy) is 1. The van der Waals surface area contributed by atoms with Crippen molar-refractivity contribution >= 4 is 11.8 Å². The molecule has 2 aromatic carbocycles. The summed E-state index contributed by atoms with van der Waals surface area (Å²) in [5, 5.41) is 9.61. The third-order valence-corrected chi connectivity index (χ3v) is 5.95. The van der Waals surface area contributed by atoms with E-state index in [1.165, 1.54) is 12.1 Å². The third kappa shape index (κ3) is 4.79. The average molecular weight is 487 g/mol. The molecule has 8 nitrogen and oxygen atoms in total. The van der Waals surface area contributed by atoms with Gasteiger partial charge in [-0.05, 0) is 43.3 Å². The van der Waals surface area contributed by atoms with Gasteiger partial charge in [-0.3, -0.25) is 4.79 Å². The number of carbonyl (C=O) groups is 1. The van der Waals surface area contributed by atoms with Crippen LogP contribution in [0.4, 0.5) is 10.3 Å². The number of anilines is 1. The Balaban J connectivity index is 1.25. The minimum Gasteiger partial charge on any atom is -0.486 e. The smallest absolute Gasteiger partial charge is 0.266 e. The molecule has 0 aliphatic carbocycles. The average Bonchev–Trinajstić information content (AvgIpc) is 3.56. The van der Waals surface area contributed by atoms with Gasteiger partial charge in [0.15, 0.2) is 5.76 Å². The molecule has 9 heteroatoms. The molecule has 36 heavy (non-hydrogen) atoms. The first-order valence-corrected chi connectivity index (χ1v) is 11.5. The molecule has 5 rings (SSSR count). The van der Waals surface area contributed by atoms with Crippen LogP contribution in [0.5, 0.6) is 5.75 Å². The van der Waals surface area contributed by atoms with Crippen LogP contribution >= 0.6 is 0 Å². The van der Waals surface area contributed by atoms with Crippen LogP contribution in [0, 0.1) is 24.1 Å². The van der Waals surface area contributed by atoms with Crippen molar-refractivity contribution in [2.24, 2.45) is 0 Å². The second-order valence-corrected chi connectivity index (χ2v) is 8.41. The van der Waals surface area contributed by atoms with E-state index in [0.717, 1.165) is 11.3 Å². The molecule has 182 valence electrons. The standard InChI is InChI=1S/C27H23FN4O4/c1-18-6-8-19(9-7-18)34-17-20-10-11-24(35-20)25-30-23(16-29)27(36-25)32-14-12-31(13-15-32)26(33)21-4-2-3-5-22(21)28/h2-11H,12-15,17H2,1H3. The van der Waals surface area contributed by atoms with Crippen LogP contribution in [0.3, 0.4) is 0 Å². The number of hydrogen-bond donors (Lipinski definition) is 0. The number of furan rings is 1. The predicted molar refractivity (Wildman–Crippen MR) is 129 cm³/mol. The fourth-order valence-electron chi connectivity index (χ4n) is 3.98. The number of carbonyl (C=O) groups excluding carboxylic acids is 1. The first-order chi connectivity index (χ1) is 17.5. The van der Waals surface area contributed by atoms with Crippen LogP contribution in [0.25, 0.3) is 11.7 Å². The van der Waals surface area contributed by atoms with Gasteiger partial charge < -0.3 is 23.4 Å². The number of hydrogen-bond acceptors (Lipinski definition) is 7. The summed E-state index contributed by atoms with van der Waals surface area (Å²) < 4.78 is 31.5. The summed E-state index contributed by atoms with van der Waals surface area (Å²) in [5.41, 5.74) is 1.33. The van der Waals surface area contributed by atoms with Gasteiger partial charge in [-0.15, -0.1) is 0 Å². The lowest BCUT2D eigenvalue weighted by Crippen LogP contribution is -2.49. The van der Waals surface area contributed by atoms with E-state index in [0.29, 0.717) is 43.6 Å². The first kappa shape index (κ1) is 23.2. The Labute approximate surface area is 207 Å². The number of benzene rings is 2. The van der Waals surface area contributed by atoms with E-state index < -0.39 is 5.82 Å². The summed E-state index contributed by atoms with van der Waals surface area (Å²) in [7, 11) is 0. The number of piperazine rings is 1. The van der Waals surface area contributed by atoms with Crippen molar-refractivity contribution in [1.29, 1.82) is 5.26 Å². The first-order valence-electron chi connectivity index (χ1n) is 11.5. The Hall–Kier alpha value is -4.58. The molecule has 0 unspecified atom stereocenters. The lowest BCUT2D eigenvalue weighted by molar-refractivity contribution is 0.0740. The van der Waals surface area contributed by atoms with Gasteiger partial charge in [-0.1, -0.05) is 29.8 Å². The predicted octanol–water partition coefficient (Wildman–Crippen LogP) is 4.80. The summed E-state index contributed by atoms with van der Waals surface area (Å²) in [6, 6.07) is 19.2. The molecule has 0 spiro atoms. The third-order valence-electron chi connectivity index (χ3n) is 5.95. The molecule has 0 saturated carbocycles. The zero-order chi connectivity index (χ0) is 25.1. The van der Waals surface area contributed by atoms with Gasteiger partial charge in [0.25, 0.3) is 11.8 Å². The van der Waals surface area contributed by atoms with E-state index in [2.05, 4.69) is 11.1 Å². The summed E-state index contributed by atoms with van der Waals surface area (Å²) in [5.74, 6) is 1.31. The molecule has 1 aliphatic rings. The van der Waals surface area contributed by atoms with E-state index in [4.69, 9.17) is 13.6 Å². The molecule has 0 bridgehead atoms. The topological polar surface area (TPSA) is 95.7 Å². The lowest BCUT2D eigenvalue weighted by atomic mass is 10.1. The Morgan fingerprint density at radius 3 is 2.53 bits per heavy atom. The summed E-state index contributed by atoms with van der Waals surface area (Å²) in [6.07, 6.45) is 0. The van der Waals surface area contributed by atoms with E-state index in [9.17, 15) is 14.4 Å². The van der Waals surface area contributed by atoms with Crippen LogP contribution in [-0.2, 0) is 6.61 Å². The van der Waals surface area contributed by atoms with Crippen molar-refractivity contribution in [1.82, 2.24) is 9.88 Å². The number of amides is 1. The largest absolute Gasteiger partial charge is 0.486 e. The van der Waals surface area contributed by atoms with Crippen LogP contribution < -0.4 is 9.64 Å². The van der Waals surface area contributed by atoms with Crippen LogP contribution in [-0.4, -0.2) is 42.0 Å². The van der Waals surface area contributed by atoms with Crippen LogP contribution in [0.1, 0.15) is 27.4 Å². The number of aromatic nitrogens is 1. The number of rotatable bonds is 6. The molecule has 0 N–H and O–H groups in total. The van der Waals surface area contributed by atoms with Gasteiger partial charge in [-0.2, -0.15) is 10.2 Å². The molecule has 1 saturated heterocycles. The summed E-state index contributed by atoms with van der Waals surface area (Å²) in [4.78, 5) is 20.4. The highest BCUT2D eigenvalue weighted by Gasteiger charge is 2.28. The molecule has 1 fully saturated rings. The number of oxazole rings is 1. The highest BCUT2D eigenvalue weighted by atomic mass is 19.1. The van der Waals surface area contributed by atoms with Gasteiger partial charge >= 0.3 is 0 Å². The molecule has 2 aromatic heterocycles. The Bertz CT molecular complexity index is 1410. The van der Waals surface area contributed by atoms with Gasteiger partial charge in [0.1, 0.15) is 30.0 Å². The van der Waals surface area contributed by atoms with Crippen molar-refractivity contribution in [3.63, 3.8) is 0 Å². The quantitative estimate of drug-likeness (QED) is 0.386. The van der Waals surface area contributed by atoms with Crippen LogP contribution in [0.15, 0.2) is 69.5 Å². The van der Waals surface area contributed by atoms with Gasteiger partial charge in [0, 0.05) is 26.2 Å². The van der Waals surface area contributed by atoms with Crippen molar-refractivity contribution in [2.45, 2.75) is 13.5 Å². The van der Waals surface area contributed by atoms with E-state index in [-0.39, 0.29) is 29.7 Å². The number of aryl methyl sites for hydroxylation is 1. The monoisotopic (exact) mass is 486 g/mol. The number of nitrogens with zero attached hydrogens (tertiary/aromatic N) is 4. The molecule has 4 aromatic rings. The fourth-order valence-corrected chi connectivity index (χ4v) is 3.98. The SMILES string of the molecule is Cc1ccc(OCc2ccc(-c3nc(C#N)c(N4CCN(C(=O)c5ccccc5F)CC4)o3)o2)cc1. The summed E-state index contributed by atoms with van der Waals surface area (Å²) >= 11 is 0. The molecule has 1 amide bonds. The van der Waals surface area contributed by atoms with Crippen molar-refractivity contribution in [2.75, 3.05) is 31.1 Å². The Kier molecular flexibility index (Phi) is 6.41. The molecular formula is C27H23FN4O4. The highest BCUT2D eigenvalue weighted by Crippen LogP contribution is 2.30. The minimum absolute atomic E-state index is 0.0468. The number of nitriles is 1. The van der Waals surface area contributed by atoms with E-state index in [1.54, 1.807) is 29.2 Å². The van der Waals surface area contributed by atoms with Gasteiger partial charge in [-0.25, -0.2) is 4.39 Å².